The fourth-order valence-corrected chi connectivity index (χ4v) is 3.81. The van der Waals surface area contributed by atoms with E-state index in [0.29, 0.717) is 29.8 Å². The lowest BCUT2D eigenvalue weighted by Crippen LogP contribution is -2.31. The maximum absolute atomic E-state index is 13.0. The summed E-state index contributed by atoms with van der Waals surface area (Å²) >= 11 is 5.88. The second-order valence-corrected chi connectivity index (χ2v) is 8.08. The standard InChI is InChI=1S/C23H24ClFN4O2/c24-17-1-7-21(8-2-17)31-12-10-20-13-22(28-27-20)16-9-11-29(14-16)15-23(30)26-19-5-3-18(25)4-6-19/h1-8,13,16H,9-12,14-15H2,(H,26,30)(H,27,28)/t16-/m0/s1. The largest absolute Gasteiger partial charge is 0.493 e. The highest BCUT2D eigenvalue weighted by Gasteiger charge is 2.27. The highest BCUT2D eigenvalue weighted by molar-refractivity contribution is 6.30. The average molecular weight is 443 g/mol. The lowest BCUT2D eigenvalue weighted by Gasteiger charge is -2.15. The maximum atomic E-state index is 13.0. The molecule has 1 saturated heterocycles. The van der Waals surface area contributed by atoms with Gasteiger partial charge in [-0.3, -0.25) is 14.8 Å². The minimum absolute atomic E-state index is 0.102. The lowest BCUT2D eigenvalue weighted by molar-refractivity contribution is -0.117. The van der Waals surface area contributed by atoms with Crippen LogP contribution in [0, 0.1) is 5.82 Å². The third kappa shape index (κ3) is 6.06. The Labute approximate surface area is 185 Å². The van der Waals surface area contributed by atoms with Crippen molar-refractivity contribution in [2.75, 3.05) is 31.6 Å². The molecular weight excluding hydrogens is 419 g/mol. The molecule has 0 saturated carbocycles. The number of aromatic nitrogens is 2. The first-order chi connectivity index (χ1) is 15.0. The smallest absolute Gasteiger partial charge is 0.238 e. The van der Waals surface area contributed by atoms with Crippen molar-refractivity contribution in [3.05, 3.63) is 76.8 Å². The van der Waals surface area contributed by atoms with E-state index in [9.17, 15) is 9.18 Å². The van der Waals surface area contributed by atoms with Crippen molar-refractivity contribution in [3.63, 3.8) is 0 Å². The molecule has 6 nitrogen and oxygen atoms in total. The van der Waals surface area contributed by atoms with Crippen LogP contribution >= 0.6 is 11.6 Å². The topological polar surface area (TPSA) is 70.2 Å². The van der Waals surface area contributed by atoms with E-state index < -0.39 is 0 Å². The van der Waals surface area contributed by atoms with E-state index in [-0.39, 0.29) is 11.7 Å². The van der Waals surface area contributed by atoms with Crippen molar-refractivity contribution in [2.45, 2.75) is 18.8 Å². The van der Waals surface area contributed by atoms with Crippen molar-refractivity contribution in [1.29, 1.82) is 0 Å². The third-order valence-corrected chi connectivity index (χ3v) is 5.54. The van der Waals surface area contributed by atoms with Crippen LogP contribution in [0.1, 0.15) is 23.7 Å². The third-order valence-electron chi connectivity index (χ3n) is 5.29. The van der Waals surface area contributed by atoms with Gasteiger partial charge in [0.1, 0.15) is 11.6 Å². The number of benzene rings is 2. The molecule has 0 aliphatic carbocycles. The molecule has 1 amide bonds. The second kappa shape index (κ2) is 9.94. The van der Waals surface area contributed by atoms with E-state index >= 15 is 0 Å². The predicted octanol–water partition coefficient (Wildman–Crippen LogP) is 4.25. The summed E-state index contributed by atoms with van der Waals surface area (Å²) in [4.78, 5) is 14.4. The number of carbonyl (C=O) groups is 1. The van der Waals surface area contributed by atoms with Gasteiger partial charge in [-0.05, 0) is 67.6 Å². The van der Waals surface area contributed by atoms with E-state index in [1.165, 1.54) is 12.1 Å². The van der Waals surface area contributed by atoms with Crippen molar-refractivity contribution >= 4 is 23.2 Å². The molecule has 0 spiro atoms. The molecule has 8 heteroatoms. The van der Waals surface area contributed by atoms with Gasteiger partial charge in [-0.25, -0.2) is 4.39 Å². The summed E-state index contributed by atoms with van der Waals surface area (Å²) in [7, 11) is 0. The summed E-state index contributed by atoms with van der Waals surface area (Å²) in [6.45, 7) is 2.47. The first-order valence-electron chi connectivity index (χ1n) is 10.3. The first kappa shape index (κ1) is 21.3. The fourth-order valence-electron chi connectivity index (χ4n) is 3.68. The van der Waals surface area contributed by atoms with Gasteiger partial charge in [0.2, 0.25) is 5.91 Å². The van der Waals surface area contributed by atoms with Gasteiger partial charge in [-0.2, -0.15) is 5.10 Å². The number of halogens is 2. The zero-order valence-corrected chi connectivity index (χ0v) is 17.7. The molecule has 1 atom stereocenters. The monoisotopic (exact) mass is 442 g/mol. The lowest BCUT2D eigenvalue weighted by atomic mass is 10.0. The summed E-state index contributed by atoms with van der Waals surface area (Å²) in [5, 5.41) is 11.0. The summed E-state index contributed by atoms with van der Waals surface area (Å²) in [6.07, 6.45) is 1.68. The van der Waals surface area contributed by atoms with Gasteiger partial charge in [-0.1, -0.05) is 11.6 Å². The first-order valence-corrected chi connectivity index (χ1v) is 10.6. The van der Waals surface area contributed by atoms with Crippen molar-refractivity contribution < 1.29 is 13.9 Å². The number of anilines is 1. The Morgan fingerprint density at radius 1 is 1.23 bits per heavy atom. The molecule has 2 aromatic carbocycles. The second-order valence-electron chi connectivity index (χ2n) is 7.65. The van der Waals surface area contributed by atoms with Gasteiger partial charge in [0.25, 0.3) is 0 Å². The summed E-state index contributed by atoms with van der Waals surface area (Å²) in [5.74, 6) is 0.653. The van der Waals surface area contributed by atoms with Crippen molar-refractivity contribution in [3.8, 4) is 5.75 Å². The zero-order chi connectivity index (χ0) is 21.6. The normalized spacial score (nSPS) is 16.4. The molecule has 4 rings (SSSR count). The van der Waals surface area contributed by atoms with Crippen LogP contribution in [-0.2, 0) is 11.2 Å². The fraction of sp³-hybridized carbons (Fsp3) is 0.304. The summed E-state index contributed by atoms with van der Waals surface area (Å²) < 4.78 is 18.7. The Kier molecular flexibility index (Phi) is 6.84. The van der Waals surface area contributed by atoms with Gasteiger partial charge >= 0.3 is 0 Å². The van der Waals surface area contributed by atoms with Gasteiger partial charge in [0.05, 0.1) is 18.8 Å². The van der Waals surface area contributed by atoms with Crippen LogP contribution < -0.4 is 10.1 Å². The summed E-state index contributed by atoms with van der Waals surface area (Å²) in [5.41, 5.74) is 2.64. The Hall–Kier alpha value is -2.90. The number of ether oxygens (including phenoxy) is 1. The van der Waals surface area contributed by atoms with E-state index in [2.05, 4.69) is 26.5 Å². The summed E-state index contributed by atoms with van der Waals surface area (Å²) in [6, 6.07) is 15.2. The van der Waals surface area contributed by atoms with Gasteiger partial charge in [-0.15, -0.1) is 0 Å². The Morgan fingerprint density at radius 3 is 2.77 bits per heavy atom. The van der Waals surface area contributed by atoms with Crippen LogP contribution in [0.15, 0.2) is 54.6 Å². The maximum Gasteiger partial charge on any atom is 0.238 e. The molecule has 162 valence electrons. The highest BCUT2D eigenvalue weighted by atomic mass is 35.5. The van der Waals surface area contributed by atoms with Crippen LogP contribution in [0.5, 0.6) is 5.75 Å². The van der Waals surface area contributed by atoms with Crippen LogP contribution in [0.4, 0.5) is 10.1 Å². The minimum atomic E-state index is -0.324. The zero-order valence-electron chi connectivity index (χ0n) is 17.0. The van der Waals surface area contributed by atoms with E-state index in [1.54, 1.807) is 24.3 Å². The Morgan fingerprint density at radius 2 is 2.00 bits per heavy atom. The Bertz CT molecular complexity index is 1010. The number of hydrogen-bond donors (Lipinski definition) is 2. The number of H-pyrrole nitrogens is 1. The molecule has 31 heavy (non-hydrogen) atoms. The number of nitrogens with zero attached hydrogens (tertiary/aromatic N) is 2. The predicted molar refractivity (Wildman–Crippen MR) is 118 cm³/mol. The highest BCUT2D eigenvalue weighted by Crippen LogP contribution is 2.26. The molecule has 1 fully saturated rings. The van der Waals surface area contributed by atoms with Crippen LogP contribution in [0.3, 0.4) is 0 Å². The van der Waals surface area contributed by atoms with E-state index in [1.807, 2.05) is 12.1 Å². The van der Waals surface area contributed by atoms with Crippen molar-refractivity contribution in [2.24, 2.45) is 0 Å². The SMILES string of the molecule is O=C(CN1CC[C@H](c2cc(CCOc3ccc(Cl)cc3)[nH]n2)C1)Nc1ccc(F)cc1. The van der Waals surface area contributed by atoms with Gasteiger partial charge in [0.15, 0.2) is 0 Å². The molecule has 1 aromatic heterocycles. The molecule has 1 aliphatic heterocycles. The number of amides is 1. The quantitative estimate of drug-likeness (QED) is 0.547. The van der Waals surface area contributed by atoms with E-state index in [0.717, 1.165) is 43.1 Å². The van der Waals surface area contributed by atoms with Crippen molar-refractivity contribution in [1.82, 2.24) is 15.1 Å². The molecular formula is C23H24ClFN4O2. The van der Waals surface area contributed by atoms with Crippen LogP contribution in [-0.4, -0.2) is 47.2 Å². The van der Waals surface area contributed by atoms with E-state index in [4.69, 9.17) is 16.3 Å². The van der Waals surface area contributed by atoms with Gasteiger partial charge < -0.3 is 10.1 Å². The number of likely N-dealkylation sites (tertiary alicyclic amines) is 1. The molecule has 2 heterocycles. The number of carbonyl (C=O) groups excluding carboxylic acids is 1. The Balaban J connectivity index is 1.22. The molecule has 2 N–H and O–H groups in total. The minimum Gasteiger partial charge on any atom is -0.493 e. The van der Waals surface area contributed by atoms with Crippen LogP contribution in [0.25, 0.3) is 0 Å². The number of hydrogen-bond acceptors (Lipinski definition) is 4. The molecule has 0 bridgehead atoms. The van der Waals surface area contributed by atoms with Crippen LogP contribution in [0.2, 0.25) is 5.02 Å². The average Bonchev–Trinajstić information content (AvgIpc) is 3.41. The number of aromatic amines is 1. The molecule has 3 aromatic rings. The van der Waals surface area contributed by atoms with Gasteiger partial charge in [0, 0.05) is 35.3 Å². The number of nitrogens with one attached hydrogen (secondary N) is 2. The number of rotatable bonds is 8. The molecule has 1 aliphatic rings. The molecule has 0 unspecified atom stereocenters. The molecule has 0 radical (unpaired) electrons.